The topological polar surface area (TPSA) is 73.7 Å². The lowest BCUT2D eigenvalue weighted by Gasteiger charge is -2.18. The Hall–Kier alpha value is -1.83. The van der Waals surface area contributed by atoms with Crippen molar-refractivity contribution in [2.24, 2.45) is 5.92 Å². The number of carboxylic acid groups (broad SMARTS) is 1. The molecule has 116 valence electrons. The second-order valence-corrected chi connectivity index (χ2v) is 5.12. The summed E-state index contributed by atoms with van der Waals surface area (Å²) in [6, 6.07) is 1.99. The van der Waals surface area contributed by atoms with Crippen molar-refractivity contribution in [3.8, 4) is 0 Å². The van der Waals surface area contributed by atoms with Crippen LogP contribution in [0.3, 0.4) is 0 Å². The number of aromatic nitrogens is 1. The molecule has 5 nitrogen and oxygen atoms in total. The summed E-state index contributed by atoms with van der Waals surface area (Å²) in [5.41, 5.74) is -0.488. The Kier molecular flexibility index (Phi) is 4.36. The molecule has 1 amide bonds. The normalized spacial score (nSPS) is 22.6. The lowest BCUT2D eigenvalue weighted by molar-refractivity contribution is -0.141. The zero-order chi connectivity index (χ0) is 15.6. The van der Waals surface area contributed by atoms with Crippen LogP contribution < -0.4 is 0 Å². The van der Waals surface area contributed by atoms with Gasteiger partial charge in [-0.15, -0.1) is 0 Å². The van der Waals surface area contributed by atoms with Crippen molar-refractivity contribution in [1.82, 2.24) is 9.88 Å². The fourth-order valence-corrected chi connectivity index (χ4v) is 2.66. The van der Waals surface area contributed by atoms with E-state index in [0.29, 0.717) is 18.4 Å². The summed E-state index contributed by atoms with van der Waals surface area (Å²) in [5, 5.41) is 18.2. The SMILES string of the molecule is O=C(O)N1CC(Cc2ccnc(C(F)(F)F)c2)CC1CO. The van der Waals surface area contributed by atoms with Crippen LogP contribution in [0.2, 0.25) is 0 Å². The molecule has 21 heavy (non-hydrogen) atoms. The first-order valence-electron chi connectivity index (χ1n) is 6.43. The number of carbonyl (C=O) groups is 1. The molecule has 2 unspecified atom stereocenters. The van der Waals surface area contributed by atoms with Crippen LogP contribution in [0.15, 0.2) is 18.3 Å². The van der Waals surface area contributed by atoms with E-state index in [2.05, 4.69) is 4.98 Å². The van der Waals surface area contributed by atoms with Gasteiger partial charge in [0.15, 0.2) is 0 Å². The van der Waals surface area contributed by atoms with Crippen molar-refractivity contribution in [3.63, 3.8) is 0 Å². The molecule has 1 aliphatic heterocycles. The molecule has 2 atom stereocenters. The minimum absolute atomic E-state index is 0.110. The van der Waals surface area contributed by atoms with Gasteiger partial charge in [-0.05, 0) is 36.5 Å². The lowest BCUT2D eigenvalue weighted by Crippen LogP contribution is -2.36. The second kappa shape index (κ2) is 5.88. The minimum Gasteiger partial charge on any atom is -0.465 e. The van der Waals surface area contributed by atoms with Gasteiger partial charge in [0.1, 0.15) is 5.69 Å². The van der Waals surface area contributed by atoms with Crippen LogP contribution in [0.4, 0.5) is 18.0 Å². The number of hydrogen-bond donors (Lipinski definition) is 2. The van der Waals surface area contributed by atoms with E-state index in [9.17, 15) is 18.0 Å². The van der Waals surface area contributed by atoms with Crippen molar-refractivity contribution < 1.29 is 28.2 Å². The van der Waals surface area contributed by atoms with Gasteiger partial charge >= 0.3 is 12.3 Å². The highest BCUT2D eigenvalue weighted by Gasteiger charge is 2.36. The van der Waals surface area contributed by atoms with Crippen molar-refractivity contribution in [2.75, 3.05) is 13.2 Å². The van der Waals surface area contributed by atoms with Gasteiger partial charge in [-0.2, -0.15) is 13.2 Å². The van der Waals surface area contributed by atoms with Crippen molar-refractivity contribution in [3.05, 3.63) is 29.6 Å². The number of hydrogen-bond acceptors (Lipinski definition) is 3. The minimum atomic E-state index is -4.49. The molecule has 1 fully saturated rings. The Morgan fingerprint density at radius 3 is 2.71 bits per heavy atom. The Morgan fingerprint density at radius 1 is 1.48 bits per heavy atom. The molecular weight excluding hydrogens is 289 g/mol. The third-order valence-corrected chi connectivity index (χ3v) is 3.60. The second-order valence-electron chi connectivity index (χ2n) is 5.12. The number of likely N-dealkylation sites (tertiary alicyclic amines) is 1. The van der Waals surface area contributed by atoms with E-state index in [1.54, 1.807) is 0 Å². The Morgan fingerprint density at radius 2 is 2.19 bits per heavy atom. The zero-order valence-corrected chi connectivity index (χ0v) is 11.0. The fraction of sp³-hybridized carbons (Fsp3) is 0.538. The monoisotopic (exact) mass is 304 g/mol. The van der Waals surface area contributed by atoms with Gasteiger partial charge in [-0.1, -0.05) is 0 Å². The van der Waals surface area contributed by atoms with Gasteiger partial charge in [0.25, 0.3) is 0 Å². The number of rotatable bonds is 3. The first-order valence-corrected chi connectivity index (χ1v) is 6.43. The standard InChI is InChI=1S/C13H15F3N2O3/c14-13(15,16)11-5-8(1-2-17-11)3-9-4-10(7-19)18(6-9)12(20)21/h1-2,5,9-10,19H,3-4,6-7H2,(H,20,21). The van der Waals surface area contributed by atoms with Crippen molar-refractivity contribution in [2.45, 2.75) is 25.1 Å². The van der Waals surface area contributed by atoms with Gasteiger partial charge in [0, 0.05) is 12.7 Å². The number of nitrogens with zero attached hydrogens (tertiary/aromatic N) is 2. The summed E-state index contributed by atoms with van der Waals surface area (Å²) in [5.74, 6) is -0.110. The van der Waals surface area contributed by atoms with Crippen LogP contribution in [0.25, 0.3) is 0 Å². The predicted octanol–water partition coefficient (Wildman–Crippen LogP) is 2.00. The average Bonchev–Trinajstić information content (AvgIpc) is 2.81. The van der Waals surface area contributed by atoms with E-state index in [4.69, 9.17) is 10.2 Å². The van der Waals surface area contributed by atoms with E-state index in [0.717, 1.165) is 17.2 Å². The predicted molar refractivity (Wildman–Crippen MR) is 66.7 cm³/mol. The summed E-state index contributed by atoms with van der Waals surface area (Å²) >= 11 is 0. The molecule has 0 radical (unpaired) electrons. The van der Waals surface area contributed by atoms with Gasteiger partial charge < -0.3 is 15.1 Å². The van der Waals surface area contributed by atoms with E-state index in [-0.39, 0.29) is 19.1 Å². The molecular formula is C13H15F3N2O3. The molecule has 2 heterocycles. The lowest BCUT2D eigenvalue weighted by atomic mass is 9.97. The highest BCUT2D eigenvalue weighted by atomic mass is 19.4. The van der Waals surface area contributed by atoms with Gasteiger partial charge in [-0.25, -0.2) is 4.79 Å². The number of aliphatic hydroxyl groups excluding tert-OH is 1. The van der Waals surface area contributed by atoms with Gasteiger partial charge in [0.2, 0.25) is 0 Å². The molecule has 1 saturated heterocycles. The molecule has 8 heteroatoms. The summed E-state index contributed by atoms with van der Waals surface area (Å²) in [6.45, 7) is -0.0722. The first-order chi connectivity index (χ1) is 9.81. The third kappa shape index (κ3) is 3.63. The molecule has 0 saturated carbocycles. The van der Waals surface area contributed by atoms with Crippen molar-refractivity contribution in [1.29, 1.82) is 0 Å². The Bertz CT molecular complexity index is 522. The highest BCUT2D eigenvalue weighted by molar-refractivity contribution is 5.65. The Balaban J connectivity index is 2.08. The van der Waals surface area contributed by atoms with Crippen LogP contribution in [0, 0.1) is 5.92 Å². The molecule has 0 bridgehead atoms. The van der Waals surface area contributed by atoms with Crippen LogP contribution in [0.1, 0.15) is 17.7 Å². The molecule has 0 spiro atoms. The summed E-state index contributed by atoms with van der Waals surface area (Å²) < 4.78 is 37.8. The van der Waals surface area contributed by atoms with Crippen LogP contribution in [-0.4, -0.2) is 45.4 Å². The zero-order valence-electron chi connectivity index (χ0n) is 11.0. The number of alkyl halides is 3. The van der Waals surface area contributed by atoms with Crippen LogP contribution in [-0.2, 0) is 12.6 Å². The Labute approximate surface area is 119 Å². The number of aliphatic hydroxyl groups is 1. The quantitative estimate of drug-likeness (QED) is 0.896. The molecule has 1 aromatic heterocycles. The third-order valence-electron chi connectivity index (χ3n) is 3.60. The molecule has 0 aromatic carbocycles. The molecule has 1 aliphatic rings. The molecule has 2 rings (SSSR count). The van der Waals surface area contributed by atoms with E-state index < -0.39 is 24.0 Å². The summed E-state index contributed by atoms with van der Waals surface area (Å²) in [7, 11) is 0. The number of amides is 1. The number of halogens is 3. The maximum Gasteiger partial charge on any atom is 0.433 e. The summed E-state index contributed by atoms with van der Waals surface area (Å²) in [6.07, 6.45) is -3.75. The fourth-order valence-electron chi connectivity index (χ4n) is 2.66. The maximum absolute atomic E-state index is 12.6. The smallest absolute Gasteiger partial charge is 0.433 e. The van der Waals surface area contributed by atoms with E-state index in [1.807, 2.05) is 0 Å². The summed E-state index contributed by atoms with van der Waals surface area (Å²) in [4.78, 5) is 15.4. The van der Waals surface area contributed by atoms with Crippen LogP contribution in [0.5, 0.6) is 0 Å². The first kappa shape index (κ1) is 15.6. The molecule has 2 N–H and O–H groups in total. The average molecular weight is 304 g/mol. The van der Waals surface area contributed by atoms with Gasteiger partial charge in [-0.3, -0.25) is 4.98 Å². The number of pyridine rings is 1. The molecule has 1 aromatic rings. The van der Waals surface area contributed by atoms with E-state index in [1.165, 1.54) is 6.07 Å². The highest BCUT2D eigenvalue weighted by Crippen LogP contribution is 2.30. The molecule has 0 aliphatic carbocycles. The van der Waals surface area contributed by atoms with Gasteiger partial charge in [0.05, 0.1) is 12.6 Å². The van der Waals surface area contributed by atoms with Crippen molar-refractivity contribution >= 4 is 6.09 Å². The maximum atomic E-state index is 12.6. The largest absolute Gasteiger partial charge is 0.465 e. The van der Waals surface area contributed by atoms with E-state index >= 15 is 0 Å². The van der Waals surface area contributed by atoms with Crippen LogP contribution >= 0.6 is 0 Å².